The molecule has 206 valence electrons. The Labute approximate surface area is 222 Å². The van der Waals surface area contributed by atoms with Crippen molar-refractivity contribution >= 4 is 17.7 Å². The number of carbonyl (C=O) groups is 3. The number of carbonyl (C=O) groups excluding carboxylic acids is 3. The minimum atomic E-state index is -0.341. The van der Waals surface area contributed by atoms with Gasteiger partial charge in [0.1, 0.15) is 0 Å². The average Bonchev–Trinajstić information content (AvgIpc) is 3.09. The van der Waals surface area contributed by atoms with Gasteiger partial charge in [0.05, 0.1) is 11.8 Å². The smallest absolute Gasteiger partial charge is 0.232 e. The molecule has 0 aromatic carbocycles. The van der Waals surface area contributed by atoms with Crippen LogP contribution in [0.5, 0.6) is 0 Å². The van der Waals surface area contributed by atoms with Crippen LogP contribution in [0.2, 0.25) is 0 Å². The van der Waals surface area contributed by atoms with Crippen LogP contribution in [0.15, 0.2) is 46.7 Å². The second-order valence-corrected chi connectivity index (χ2v) is 9.17. The van der Waals surface area contributed by atoms with Gasteiger partial charge < -0.3 is 5.32 Å². The van der Waals surface area contributed by atoms with E-state index < -0.39 is 0 Å². The Balaban J connectivity index is 0. The third-order valence-electron chi connectivity index (χ3n) is 6.09. The summed E-state index contributed by atoms with van der Waals surface area (Å²) in [6.45, 7) is 24.4. The molecule has 1 aliphatic heterocycles. The molecule has 0 aromatic rings. The molecule has 36 heavy (non-hydrogen) atoms. The van der Waals surface area contributed by atoms with E-state index in [4.69, 9.17) is 0 Å². The summed E-state index contributed by atoms with van der Waals surface area (Å²) in [5, 5.41) is 2.99. The topological polar surface area (TPSA) is 66.5 Å². The van der Waals surface area contributed by atoms with Crippen molar-refractivity contribution in [2.45, 2.75) is 102 Å². The first kappa shape index (κ1) is 35.7. The Morgan fingerprint density at radius 1 is 0.833 bits per heavy atom. The maximum atomic E-state index is 12.8. The van der Waals surface area contributed by atoms with E-state index in [-0.39, 0.29) is 35.5 Å². The summed E-state index contributed by atoms with van der Waals surface area (Å²) in [6.07, 6.45) is 9.94. The van der Waals surface area contributed by atoms with Crippen molar-refractivity contribution in [1.29, 1.82) is 0 Å². The molecule has 1 saturated carbocycles. The predicted molar refractivity (Wildman–Crippen MR) is 154 cm³/mol. The molecule has 5 heteroatoms. The standard InChI is InChI=1S/C25H36N2O3.3C2H6/c1-15(2)8-9-17(5)20(16(3)4)12-10-18(6)26-23(28)19-11-13-21-22(14-19)25(30)27(7)24(21)29;3*1-2/h8-10,12,16,19,21-22H,11,13-14H2,1-7H3,(H,26,28);3*1-2H3/b17-9+,18-10+,20-12+;;;. The molecule has 1 aliphatic carbocycles. The van der Waals surface area contributed by atoms with Crippen LogP contribution in [-0.2, 0) is 14.4 Å². The van der Waals surface area contributed by atoms with Crippen LogP contribution >= 0.6 is 0 Å². The fourth-order valence-electron chi connectivity index (χ4n) is 4.30. The maximum absolute atomic E-state index is 12.8. The number of imide groups is 1. The number of rotatable bonds is 6. The van der Waals surface area contributed by atoms with Crippen molar-refractivity contribution in [3.8, 4) is 0 Å². The second kappa shape index (κ2) is 18.8. The van der Waals surface area contributed by atoms with E-state index in [1.54, 1.807) is 0 Å². The number of fused-ring (bicyclic) bond motifs is 1. The molecule has 2 aliphatic rings. The minimum absolute atomic E-state index is 0.0618. The van der Waals surface area contributed by atoms with Crippen LogP contribution in [0.4, 0.5) is 0 Å². The highest BCUT2D eigenvalue weighted by molar-refractivity contribution is 6.05. The van der Waals surface area contributed by atoms with Crippen molar-refractivity contribution in [3.63, 3.8) is 0 Å². The number of amides is 3. The molecule has 0 bridgehead atoms. The summed E-state index contributed by atoms with van der Waals surface area (Å²) >= 11 is 0. The highest BCUT2D eigenvalue weighted by Crippen LogP contribution is 2.40. The fourth-order valence-corrected chi connectivity index (χ4v) is 4.30. The monoisotopic (exact) mass is 502 g/mol. The third-order valence-corrected chi connectivity index (χ3v) is 6.09. The first-order valence-electron chi connectivity index (χ1n) is 13.9. The number of allylic oxidation sites excluding steroid dienone is 8. The van der Waals surface area contributed by atoms with Crippen LogP contribution in [-0.4, -0.2) is 29.7 Å². The SMILES string of the molecule is CC.CC.CC.CC(C)=C/C=C(C)/C(=C/C=C(\C)NC(=O)C1CCC2C(=O)N(C)C(=O)C2C1)C(C)C. The van der Waals surface area contributed by atoms with Gasteiger partial charge in [-0.3, -0.25) is 19.3 Å². The lowest BCUT2D eigenvalue weighted by molar-refractivity contribution is -0.138. The zero-order valence-electron chi connectivity index (χ0n) is 25.4. The van der Waals surface area contributed by atoms with Gasteiger partial charge in [0.15, 0.2) is 0 Å². The van der Waals surface area contributed by atoms with E-state index in [0.717, 1.165) is 5.70 Å². The van der Waals surface area contributed by atoms with Crippen molar-refractivity contribution in [3.05, 3.63) is 46.7 Å². The van der Waals surface area contributed by atoms with Crippen LogP contribution in [0.25, 0.3) is 0 Å². The third kappa shape index (κ3) is 10.7. The maximum Gasteiger partial charge on any atom is 0.232 e. The lowest BCUT2D eigenvalue weighted by Gasteiger charge is -2.27. The number of nitrogens with zero attached hydrogens (tertiary/aromatic N) is 1. The number of hydrogen-bond donors (Lipinski definition) is 1. The van der Waals surface area contributed by atoms with Crippen molar-refractivity contribution < 1.29 is 14.4 Å². The van der Waals surface area contributed by atoms with Crippen molar-refractivity contribution in [2.75, 3.05) is 7.05 Å². The quantitative estimate of drug-likeness (QED) is 0.300. The van der Waals surface area contributed by atoms with E-state index in [0.29, 0.717) is 25.2 Å². The first-order valence-corrected chi connectivity index (χ1v) is 13.9. The van der Waals surface area contributed by atoms with Crippen molar-refractivity contribution in [1.82, 2.24) is 10.2 Å². The summed E-state index contributed by atoms with van der Waals surface area (Å²) in [7, 11) is 1.54. The molecule has 1 N–H and O–H groups in total. The average molecular weight is 503 g/mol. The Bertz CT molecular complexity index is 827. The molecule has 3 atom stereocenters. The first-order chi connectivity index (χ1) is 17.0. The molecule has 1 heterocycles. The van der Waals surface area contributed by atoms with Crippen LogP contribution < -0.4 is 5.32 Å². The molecule has 5 nitrogen and oxygen atoms in total. The Morgan fingerprint density at radius 2 is 1.36 bits per heavy atom. The van der Waals surface area contributed by atoms with E-state index in [9.17, 15) is 14.4 Å². The highest BCUT2D eigenvalue weighted by atomic mass is 16.2. The van der Waals surface area contributed by atoms with Gasteiger partial charge in [-0.1, -0.05) is 79.2 Å². The molecule has 0 spiro atoms. The molecule has 2 fully saturated rings. The van der Waals surface area contributed by atoms with Gasteiger partial charge in [0.25, 0.3) is 0 Å². The second-order valence-electron chi connectivity index (χ2n) is 9.17. The molecule has 2 rings (SSSR count). The molecular formula is C31H54N2O3. The van der Waals surface area contributed by atoms with E-state index in [1.807, 2.05) is 54.5 Å². The minimum Gasteiger partial charge on any atom is -0.330 e. The van der Waals surface area contributed by atoms with Gasteiger partial charge in [0.2, 0.25) is 17.7 Å². The Morgan fingerprint density at radius 3 is 1.86 bits per heavy atom. The van der Waals surface area contributed by atoms with Gasteiger partial charge in [-0.2, -0.15) is 0 Å². The van der Waals surface area contributed by atoms with Crippen molar-refractivity contribution in [2.24, 2.45) is 23.7 Å². The van der Waals surface area contributed by atoms with E-state index in [1.165, 1.54) is 28.7 Å². The van der Waals surface area contributed by atoms with Gasteiger partial charge in [-0.05, 0) is 70.1 Å². The lowest BCUT2D eigenvalue weighted by atomic mass is 9.75. The number of nitrogens with one attached hydrogen (secondary N) is 1. The molecule has 3 unspecified atom stereocenters. The van der Waals surface area contributed by atoms with Crippen LogP contribution in [0, 0.1) is 23.7 Å². The molecular weight excluding hydrogens is 448 g/mol. The molecule has 3 amide bonds. The van der Waals surface area contributed by atoms with Gasteiger partial charge in [-0.15, -0.1) is 0 Å². The summed E-state index contributed by atoms with van der Waals surface area (Å²) in [6, 6.07) is 0. The lowest BCUT2D eigenvalue weighted by Crippen LogP contribution is -2.36. The summed E-state index contributed by atoms with van der Waals surface area (Å²) in [5.74, 6) is -0.744. The van der Waals surface area contributed by atoms with E-state index in [2.05, 4.69) is 58.2 Å². The number of hydrogen-bond acceptors (Lipinski definition) is 3. The molecule has 1 saturated heterocycles. The van der Waals surface area contributed by atoms with Gasteiger partial charge >= 0.3 is 0 Å². The Hall–Kier alpha value is -2.43. The Kier molecular flexibility index (Phi) is 18.6. The molecule has 0 radical (unpaired) electrons. The predicted octanol–water partition coefficient (Wildman–Crippen LogP) is 7.61. The van der Waals surface area contributed by atoms with Crippen LogP contribution in [0.3, 0.4) is 0 Å². The molecule has 0 aromatic heterocycles. The van der Waals surface area contributed by atoms with E-state index >= 15 is 0 Å². The summed E-state index contributed by atoms with van der Waals surface area (Å²) < 4.78 is 0. The van der Waals surface area contributed by atoms with Gasteiger partial charge in [-0.25, -0.2) is 0 Å². The van der Waals surface area contributed by atoms with Crippen LogP contribution in [0.1, 0.15) is 102 Å². The fraction of sp³-hybridized carbons (Fsp3) is 0.645. The highest BCUT2D eigenvalue weighted by Gasteiger charge is 2.49. The zero-order valence-corrected chi connectivity index (χ0v) is 25.4. The summed E-state index contributed by atoms with van der Waals surface area (Å²) in [5.41, 5.74) is 4.45. The van der Waals surface area contributed by atoms with Gasteiger partial charge in [0, 0.05) is 18.7 Å². The normalized spacial score (nSPS) is 21.8. The number of likely N-dealkylation sites (tertiary alicyclic amines) is 1. The summed E-state index contributed by atoms with van der Waals surface area (Å²) in [4.78, 5) is 38.4. The largest absolute Gasteiger partial charge is 0.330 e. The zero-order chi connectivity index (χ0) is 28.6.